The summed E-state index contributed by atoms with van der Waals surface area (Å²) in [5, 5.41) is 14.7. The highest BCUT2D eigenvalue weighted by atomic mass is 16.5. The van der Waals surface area contributed by atoms with Crippen LogP contribution in [0, 0.1) is 0 Å². The van der Waals surface area contributed by atoms with Gasteiger partial charge in [0, 0.05) is 6.07 Å². The van der Waals surface area contributed by atoms with Crippen LogP contribution in [0.3, 0.4) is 0 Å². The van der Waals surface area contributed by atoms with Gasteiger partial charge in [0.2, 0.25) is 18.2 Å². The summed E-state index contributed by atoms with van der Waals surface area (Å²) >= 11 is 0. The molecule has 0 bridgehead atoms. The second-order valence-corrected chi connectivity index (χ2v) is 2.23. The fraction of sp³-hybridized carbons (Fsp3) is 0.143. The van der Waals surface area contributed by atoms with Crippen LogP contribution in [-0.4, -0.2) is 27.5 Å². The third kappa shape index (κ3) is 1.46. The predicted octanol–water partition coefficient (Wildman–Crippen LogP) is 0.535. The topological polar surface area (TPSA) is 73.9 Å². The van der Waals surface area contributed by atoms with Crippen molar-refractivity contribution in [2.45, 2.75) is 0 Å². The molecule has 0 aromatic carbocycles. The number of hydrogen-bond donors (Lipinski definition) is 0. The molecule has 0 saturated heterocycles. The van der Waals surface area contributed by atoms with Gasteiger partial charge in [0.25, 0.3) is 0 Å². The Kier molecular flexibility index (Phi) is 1.87. The first-order valence-corrected chi connectivity index (χ1v) is 3.53. The summed E-state index contributed by atoms with van der Waals surface area (Å²) in [4.78, 5) is 0. The van der Waals surface area contributed by atoms with Crippen molar-refractivity contribution >= 4 is 0 Å². The Morgan fingerprint density at radius 1 is 1.31 bits per heavy atom. The Morgan fingerprint density at radius 3 is 2.92 bits per heavy atom. The molecule has 0 fully saturated rings. The summed E-state index contributed by atoms with van der Waals surface area (Å²) in [7, 11) is 1.52. The van der Waals surface area contributed by atoms with Crippen LogP contribution in [0.4, 0.5) is 0 Å². The second kappa shape index (κ2) is 3.18. The van der Waals surface area contributed by atoms with Crippen LogP contribution in [0.2, 0.25) is 0 Å². The lowest BCUT2D eigenvalue weighted by molar-refractivity contribution is 0.392. The summed E-state index contributed by atoms with van der Waals surface area (Å²) in [5.41, 5.74) is 0.685. The minimum absolute atomic E-state index is 0.396. The molecule has 0 saturated carbocycles. The molecular formula is C7H6N4O2. The lowest BCUT2D eigenvalue weighted by atomic mass is 10.3. The zero-order chi connectivity index (χ0) is 9.10. The van der Waals surface area contributed by atoms with Gasteiger partial charge in [-0.05, 0) is 0 Å². The van der Waals surface area contributed by atoms with Gasteiger partial charge in [0.05, 0.1) is 18.9 Å². The summed E-state index contributed by atoms with van der Waals surface area (Å²) in [6, 6.07) is 1.67. The van der Waals surface area contributed by atoms with Gasteiger partial charge in [-0.3, -0.25) is 0 Å². The molecular weight excluding hydrogens is 172 g/mol. The SMILES string of the molecule is COc1cc(-c2nnco2)cnn1. The Balaban J connectivity index is 2.41. The molecule has 0 amide bonds. The molecule has 0 radical (unpaired) electrons. The third-order valence-corrected chi connectivity index (χ3v) is 1.45. The molecule has 0 spiro atoms. The Morgan fingerprint density at radius 2 is 2.23 bits per heavy atom. The first-order chi connectivity index (χ1) is 6.40. The summed E-state index contributed by atoms with van der Waals surface area (Å²) in [6.07, 6.45) is 2.78. The summed E-state index contributed by atoms with van der Waals surface area (Å²) in [6.45, 7) is 0. The van der Waals surface area contributed by atoms with Gasteiger partial charge in [0.1, 0.15) is 0 Å². The first-order valence-electron chi connectivity index (χ1n) is 3.53. The fourth-order valence-electron chi connectivity index (χ4n) is 0.863. The van der Waals surface area contributed by atoms with Crippen LogP contribution in [-0.2, 0) is 0 Å². The van der Waals surface area contributed by atoms with Crippen molar-refractivity contribution in [3.8, 4) is 17.3 Å². The van der Waals surface area contributed by atoms with E-state index in [2.05, 4.69) is 20.4 Å². The van der Waals surface area contributed by atoms with Gasteiger partial charge in [-0.2, -0.15) is 5.10 Å². The van der Waals surface area contributed by atoms with E-state index < -0.39 is 0 Å². The lowest BCUT2D eigenvalue weighted by Gasteiger charge is -1.97. The van der Waals surface area contributed by atoms with Crippen molar-refractivity contribution in [2.24, 2.45) is 0 Å². The molecule has 6 heteroatoms. The highest BCUT2D eigenvalue weighted by Gasteiger charge is 2.05. The van der Waals surface area contributed by atoms with Crippen molar-refractivity contribution in [2.75, 3.05) is 7.11 Å². The molecule has 0 aliphatic rings. The Hall–Kier alpha value is -1.98. The highest BCUT2D eigenvalue weighted by Crippen LogP contribution is 2.17. The van der Waals surface area contributed by atoms with Gasteiger partial charge in [-0.1, -0.05) is 0 Å². The van der Waals surface area contributed by atoms with Crippen molar-refractivity contribution in [3.05, 3.63) is 18.7 Å². The van der Waals surface area contributed by atoms with E-state index in [1.165, 1.54) is 19.7 Å². The van der Waals surface area contributed by atoms with Crippen LogP contribution < -0.4 is 4.74 Å². The zero-order valence-electron chi connectivity index (χ0n) is 6.84. The maximum absolute atomic E-state index is 4.97. The highest BCUT2D eigenvalue weighted by molar-refractivity contribution is 5.51. The van der Waals surface area contributed by atoms with Crippen molar-refractivity contribution in [3.63, 3.8) is 0 Å². The number of hydrogen-bond acceptors (Lipinski definition) is 6. The molecule has 0 N–H and O–H groups in total. The van der Waals surface area contributed by atoms with Crippen LogP contribution in [0.1, 0.15) is 0 Å². The molecule has 0 aliphatic heterocycles. The molecule has 2 aromatic heterocycles. The molecule has 6 nitrogen and oxygen atoms in total. The molecule has 0 aliphatic carbocycles. The average molecular weight is 178 g/mol. The van der Waals surface area contributed by atoms with Gasteiger partial charge < -0.3 is 9.15 Å². The number of nitrogens with zero attached hydrogens (tertiary/aromatic N) is 4. The Bertz CT molecular complexity index is 387. The van der Waals surface area contributed by atoms with E-state index in [1.807, 2.05) is 0 Å². The van der Waals surface area contributed by atoms with Crippen LogP contribution in [0.5, 0.6) is 5.88 Å². The monoisotopic (exact) mass is 178 g/mol. The van der Waals surface area contributed by atoms with E-state index >= 15 is 0 Å². The van der Waals surface area contributed by atoms with Gasteiger partial charge >= 0.3 is 0 Å². The van der Waals surface area contributed by atoms with Crippen LogP contribution >= 0.6 is 0 Å². The summed E-state index contributed by atoms with van der Waals surface area (Å²) < 4.78 is 9.86. The number of methoxy groups -OCH3 is 1. The van der Waals surface area contributed by atoms with E-state index in [4.69, 9.17) is 9.15 Å². The van der Waals surface area contributed by atoms with Crippen molar-refractivity contribution < 1.29 is 9.15 Å². The largest absolute Gasteiger partial charge is 0.480 e. The molecule has 2 rings (SSSR count). The standard InChI is InChI=1S/C7H6N4O2/c1-12-6-2-5(3-8-10-6)7-11-9-4-13-7/h2-4H,1H3. The molecule has 0 atom stereocenters. The second-order valence-electron chi connectivity index (χ2n) is 2.23. The van der Waals surface area contributed by atoms with E-state index in [0.717, 1.165) is 0 Å². The summed E-state index contributed by atoms with van der Waals surface area (Å²) in [5.74, 6) is 0.809. The quantitative estimate of drug-likeness (QED) is 0.667. The van der Waals surface area contributed by atoms with E-state index in [-0.39, 0.29) is 0 Å². The van der Waals surface area contributed by atoms with Crippen molar-refractivity contribution in [1.29, 1.82) is 0 Å². The lowest BCUT2D eigenvalue weighted by Crippen LogP contribution is -1.90. The van der Waals surface area contributed by atoms with Crippen LogP contribution in [0.15, 0.2) is 23.1 Å². The average Bonchev–Trinajstić information content (AvgIpc) is 2.71. The predicted molar refractivity (Wildman–Crippen MR) is 41.9 cm³/mol. The minimum atomic E-state index is 0.396. The third-order valence-electron chi connectivity index (χ3n) is 1.45. The fourth-order valence-corrected chi connectivity index (χ4v) is 0.863. The first kappa shape index (κ1) is 7.66. The van der Waals surface area contributed by atoms with Gasteiger partial charge in [-0.15, -0.1) is 15.3 Å². The van der Waals surface area contributed by atoms with E-state index in [1.54, 1.807) is 6.07 Å². The number of aromatic nitrogens is 4. The molecule has 0 unspecified atom stereocenters. The number of rotatable bonds is 2. The van der Waals surface area contributed by atoms with Crippen LogP contribution in [0.25, 0.3) is 11.5 Å². The molecule has 66 valence electrons. The van der Waals surface area contributed by atoms with Crippen molar-refractivity contribution in [1.82, 2.24) is 20.4 Å². The van der Waals surface area contributed by atoms with E-state index in [0.29, 0.717) is 17.3 Å². The van der Waals surface area contributed by atoms with Gasteiger partial charge in [0.15, 0.2) is 0 Å². The molecule has 2 aromatic rings. The van der Waals surface area contributed by atoms with E-state index in [9.17, 15) is 0 Å². The van der Waals surface area contributed by atoms with Gasteiger partial charge in [-0.25, -0.2) is 0 Å². The Labute approximate surface area is 73.6 Å². The number of ether oxygens (including phenoxy) is 1. The molecule has 13 heavy (non-hydrogen) atoms. The smallest absolute Gasteiger partial charge is 0.249 e. The maximum Gasteiger partial charge on any atom is 0.249 e. The normalized spacial score (nSPS) is 9.92. The molecule has 2 heterocycles. The minimum Gasteiger partial charge on any atom is -0.480 e. The maximum atomic E-state index is 4.97. The zero-order valence-corrected chi connectivity index (χ0v) is 6.84.